The number of benzene rings is 1. The molecular weight excluding hydrogens is 482 g/mol. The quantitative estimate of drug-likeness (QED) is 0.270. The monoisotopic (exact) mass is 521 g/mol. The zero-order valence-electron chi connectivity index (χ0n) is 23.1. The second-order valence-electron chi connectivity index (χ2n) is 11.3. The molecule has 0 bridgehead atoms. The van der Waals surface area contributed by atoms with E-state index in [4.69, 9.17) is 31.0 Å². The number of nitrogens with zero attached hydrogens (tertiary/aromatic N) is 3. The van der Waals surface area contributed by atoms with Crippen molar-refractivity contribution in [3.05, 3.63) is 64.6 Å². The molecule has 198 valence electrons. The van der Waals surface area contributed by atoms with Gasteiger partial charge < -0.3 is 14.4 Å². The smallest absolute Gasteiger partial charge is 0.140 e. The van der Waals surface area contributed by atoms with Gasteiger partial charge in [0.2, 0.25) is 0 Å². The summed E-state index contributed by atoms with van der Waals surface area (Å²) in [4.78, 5) is 12.2. The topological polar surface area (TPSA) is 47.5 Å². The Kier molecular flexibility index (Phi) is 8.63. The summed E-state index contributed by atoms with van der Waals surface area (Å²) >= 11 is 6.25. The minimum absolute atomic E-state index is 0.391. The molecule has 6 heteroatoms. The number of aryl methyl sites for hydroxylation is 2. The van der Waals surface area contributed by atoms with Gasteiger partial charge in [0.25, 0.3) is 0 Å². The summed E-state index contributed by atoms with van der Waals surface area (Å²) in [5, 5.41) is 0.614. The summed E-state index contributed by atoms with van der Waals surface area (Å²) in [6, 6.07) is 9.75. The highest BCUT2D eigenvalue weighted by atomic mass is 35.5. The van der Waals surface area contributed by atoms with Crippen LogP contribution in [0.25, 0.3) is 11.3 Å². The van der Waals surface area contributed by atoms with Crippen molar-refractivity contribution < 1.29 is 9.47 Å². The average molecular weight is 522 g/mol. The van der Waals surface area contributed by atoms with Gasteiger partial charge in [-0.1, -0.05) is 51.4 Å². The fourth-order valence-corrected chi connectivity index (χ4v) is 5.18. The van der Waals surface area contributed by atoms with Crippen LogP contribution in [0.5, 0.6) is 11.5 Å². The van der Waals surface area contributed by atoms with Crippen LogP contribution < -0.4 is 14.4 Å². The molecule has 0 saturated carbocycles. The van der Waals surface area contributed by atoms with Gasteiger partial charge in [0.15, 0.2) is 0 Å². The summed E-state index contributed by atoms with van der Waals surface area (Å²) in [7, 11) is 0. The van der Waals surface area contributed by atoms with Gasteiger partial charge in [-0.2, -0.15) is 0 Å². The van der Waals surface area contributed by atoms with Crippen LogP contribution in [0, 0.1) is 25.2 Å². The van der Waals surface area contributed by atoms with E-state index >= 15 is 0 Å². The normalized spacial score (nSPS) is 15.2. The maximum absolute atomic E-state index is 6.25. The molecule has 3 aromatic rings. The van der Waals surface area contributed by atoms with E-state index < -0.39 is 0 Å². The van der Waals surface area contributed by atoms with E-state index in [0.29, 0.717) is 41.1 Å². The Labute approximate surface area is 227 Å². The third-order valence-electron chi connectivity index (χ3n) is 7.19. The number of hydrogen-bond donors (Lipinski definition) is 0. The molecule has 0 atom stereocenters. The van der Waals surface area contributed by atoms with Crippen molar-refractivity contribution in [3.8, 4) is 22.8 Å². The first kappa shape index (κ1) is 27.3. The van der Waals surface area contributed by atoms with Crippen LogP contribution in [0.2, 0.25) is 5.02 Å². The summed E-state index contributed by atoms with van der Waals surface area (Å²) in [6.07, 6.45) is 7.17. The van der Waals surface area contributed by atoms with Gasteiger partial charge in [0.1, 0.15) is 24.7 Å². The summed E-state index contributed by atoms with van der Waals surface area (Å²) < 4.78 is 11.8. The first-order chi connectivity index (χ1) is 17.6. The summed E-state index contributed by atoms with van der Waals surface area (Å²) in [5.41, 5.74) is 7.20. The van der Waals surface area contributed by atoms with E-state index in [0.717, 1.165) is 42.0 Å². The van der Waals surface area contributed by atoms with E-state index in [1.165, 1.54) is 24.1 Å². The minimum Gasteiger partial charge on any atom is -0.488 e. The molecule has 1 aliphatic heterocycles. The van der Waals surface area contributed by atoms with Crippen LogP contribution in [0.15, 0.2) is 42.7 Å². The van der Waals surface area contributed by atoms with Crippen LogP contribution in [-0.4, -0.2) is 36.3 Å². The first-order valence-electron chi connectivity index (χ1n) is 13.3. The lowest BCUT2D eigenvalue weighted by Gasteiger charge is -2.40. The van der Waals surface area contributed by atoms with Crippen molar-refractivity contribution in [2.24, 2.45) is 11.3 Å². The van der Waals surface area contributed by atoms with E-state index in [9.17, 15) is 0 Å². The lowest BCUT2D eigenvalue weighted by molar-refractivity contribution is 0.216. The Morgan fingerprint density at radius 2 is 1.70 bits per heavy atom. The van der Waals surface area contributed by atoms with Crippen molar-refractivity contribution in [1.82, 2.24) is 9.97 Å². The third kappa shape index (κ3) is 6.75. The van der Waals surface area contributed by atoms with Gasteiger partial charge in [0, 0.05) is 30.5 Å². The van der Waals surface area contributed by atoms with Crippen molar-refractivity contribution >= 4 is 17.3 Å². The highest BCUT2D eigenvalue weighted by molar-refractivity contribution is 6.32. The van der Waals surface area contributed by atoms with Crippen LogP contribution in [0.4, 0.5) is 5.69 Å². The molecule has 0 unspecified atom stereocenters. The molecule has 0 spiro atoms. The number of pyridine rings is 2. The first-order valence-corrected chi connectivity index (χ1v) is 13.7. The summed E-state index contributed by atoms with van der Waals surface area (Å²) in [5.74, 6) is 1.97. The zero-order valence-corrected chi connectivity index (χ0v) is 23.9. The fraction of sp³-hybridized carbons (Fsp3) is 0.484. The Morgan fingerprint density at radius 3 is 2.35 bits per heavy atom. The maximum atomic E-state index is 6.25. The molecule has 1 saturated heterocycles. The largest absolute Gasteiger partial charge is 0.488 e. The van der Waals surface area contributed by atoms with Gasteiger partial charge in [0.05, 0.1) is 22.6 Å². The molecule has 4 rings (SSSR count). The van der Waals surface area contributed by atoms with Gasteiger partial charge in [-0.15, -0.1) is 0 Å². The van der Waals surface area contributed by atoms with Gasteiger partial charge in [-0.25, -0.2) is 0 Å². The molecule has 3 heterocycles. The van der Waals surface area contributed by atoms with Crippen LogP contribution >= 0.6 is 11.6 Å². The molecule has 0 amide bonds. The number of hydrogen-bond acceptors (Lipinski definition) is 5. The molecule has 0 N–H and O–H groups in total. The van der Waals surface area contributed by atoms with Gasteiger partial charge in [-0.3, -0.25) is 9.97 Å². The van der Waals surface area contributed by atoms with Crippen LogP contribution in [-0.2, 0) is 6.42 Å². The highest BCUT2D eigenvalue weighted by Gasteiger charge is 2.29. The Bertz CT molecular complexity index is 1180. The number of anilines is 1. The number of halogens is 1. The second-order valence-corrected chi connectivity index (χ2v) is 11.7. The predicted molar refractivity (Wildman–Crippen MR) is 153 cm³/mol. The van der Waals surface area contributed by atoms with Crippen molar-refractivity contribution in [2.45, 2.75) is 60.8 Å². The van der Waals surface area contributed by atoms with Crippen molar-refractivity contribution in [3.63, 3.8) is 0 Å². The number of ether oxygens (including phenoxy) is 2. The second kappa shape index (κ2) is 11.7. The third-order valence-corrected chi connectivity index (χ3v) is 7.48. The van der Waals surface area contributed by atoms with E-state index in [1.807, 2.05) is 43.5 Å². The van der Waals surface area contributed by atoms with Gasteiger partial charge >= 0.3 is 0 Å². The summed E-state index contributed by atoms with van der Waals surface area (Å²) in [6.45, 7) is 16.3. The minimum atomic E-state index is 0.391. The SMILES string of the molecule is Cc1cccc(Cl)c1OCCOc1ccc(-c2cnc(C)c(CC(C)C)c2N2CCC(C)(C)CC2)nc1. The van der Waals surface area contributed by atoms with Gasteiger partial charge in [-0.05, 0) is 73.8 Å². The lowest BCUT2D eigenvalue weighted by atomic mass is 9.82. The molecule has 1 fully saturated rings. The predicted octanol–water partition coefficient (Wildman–Crippen LogP) is 7.70. The van der Waals surface area contributed by atoms with Crippen molar-refractivity contribution in [1.29, 1.82) is 0 Å². The maximum Gasteiger partial charge on any atom is 0.140 e. The molecule has 1 aromatic carbocycles. The van der Waals surface area contributed by atoms with E-state index in [-0.39, 0.29) is 0 Å². The average Bonchev–Trinajstić information content (AvgIpc) is 2.85. The molecule has 0 aliphatic carbocycles. The molecule has 37 heavy (non-hydrogen) atoms. The Hall–Kier alpha value is -2.79. The van der Waals surface area contributed by atoms with Crippen LogP contribution in [0.1, 0.15) is 57.4 Å². The standard InChI is InChI=1S/C31H40ClN3O2/c1-21(2)18-25-23(4)33-20-26(29(25)35-14-12-31(5,6)13-15-35)28-11-10-24(19-34-28)36-16-17-37-30-22(3)8-7-9-27(30)32/h7-11,19-21H,12-18H2,1-6H3. The number of rotatable bonds is 9. The van der Waals surface area contributed by atoms with Crippen molar-refractivity contribution in [2.75, 3.05) is 31.2 Å². The molecule has 1 aliphatic rings. The number of aromatic nitrogens is 2. The van der Waals surface area contributed by atoms with E-state index in [2.05, 4.69) is 39.5 Å². The zero-order chi connectivity index (χ0) is 26.6. The molecule has 2 aromatic heterocycles. The van der Waals surface area contributed by atoms with Crippen LogP contribution in [0.3, 0.4) is 0 Å². The number of para-hydroxylation sites is 1. The fourth-order valence-electron chi connectivity index (χ4n) is 4.90. The Morgan fingerprint density at radius 1 is 0.973 bits per heavy atom. The Balaban J connectivity index is 1.51. The molecular formula is C31H40ClN3O2. The number of piperidine rings is 1. The van der Waals surface area contributed by atoms with E-state index in [1.54, 1.807) is 6.20 Å². The highest BCUT2D eigenvalue weighted by Crippen LogP contribution is 2.40. The molecule has 0 radical (unpaired) electrons. The lowest BCUT2D eigenvalue weighted by Crippen LogP contribution is -2.38. The molecule has 5 nitrogen and oxygen atoms in total.